The van der Waals surface area contributed by atoms with Gasteiger partial charge in [-0.05, 0) is 48.7 Å². The average Bonchev–Trinajstić information content (AvgIpc) is 2.57. The Bertz CT molecular complexity index is 928. The number of carbonyl (C=O) groups is 1. The van der Waals surface area contributed by atoms with Crippen molar-refractivity contribution in [3.8, 4) is 0 Å². The highest BCUT2D eigenvalue weighted by atomic mass is 35.5. The van der Waals surface area contributed by atoms with Gasteiger partial charge in [0.15, 0.2) is 0 Å². The number of sulfonamides is 1. The van der Waals surface area contributed by atoms with Gasteiger partial charge in [0, 0.05) is 10.7 Å². The van der Waals surface area contributed by atoms with Crippen LogP contribution >= 0.6 is 23.2 Å². The minimum absolute atomic E-state index is 0.157. The number of nitrogens with zero attached hydrogens (tertiary/aromatic N) is 1. The van der Waals surface area contributed by atoms with Crippen LogP contribution in [0.5, 0.6) is 0 Å². The molecule has 1 atom stereocenters. The van der Waals surface area contributed by atoms with Crippen LogP contribution in [0.25, 0.3) is 0 Å². The van der Waals surface area contributed by atoms with Crippen LogP contribution in [0.4, 0.5) is 11.4 Å². The van der Waals surface area contributed by atoms with Crippen molar-refractivity contribution in [2.24, 2.45) is 0 Å². The number of rotatable bonds is 6. The van der Waals surface area contributed by atoms with Crippen molar-refractivity contribution in [2.45, 2.75) is 32.7 Å². The van der Waals surface area contributed by atoms with Crippen molar-refractivity contribution in [3.63, 3.8) is 0 Å². The van der Waals surface area contributed by atoms with Crippen molar-refractivity contribution >= 4 is 50.5 Å². The Kier molecular flexibility index (Phi) is 6.78. The molecule has 0 saturated carbocycles. The van der Waals surface area contributed by atoms with Crippen LogP contribution in [0.1, 0.15) is 32.3 Å². The van der Waals surface area contributed by atoms with Crippen LogP contribution in [-0.4, -0.2) is 26.6 Å². The van der Waals surface area contributed by atoms with E-state index < -0.39 is 22.0 Å². The van der Waals surface area contributed by atoms with Gasteiger partial charge in [0.25, 0.3) is 0 Å². The maximum Gasteiger partial charge on any atom is 0.247 e. The van der Waals surface area contributed by atoms with E-state index in [4.69, 9.17) is 23.2 Å². The Morgan fingerprint density at radius 3 is 2.15 bits per heavy atom. The van der Waals surface area contributed by atoms with Gasteiger partial charge in [-0.2, -0.15) is 0 Å². The number of anilines is 2. The Morgan fingerprint density at radius 2 is 1.63 bits per heavy atom. The van der Waals surface area contributed by atoms with Crippen molar-refractivity contribution < 1.29 is 13.2 Å². The second kappa shape index (κ2) is 8.50. The fourth-order valence-electron chi connectivity index (χ4n) is 2.63. The first kappa shape index (κ1) is 21.5. The van der Waals surface area contributed by atoms with Crippen LogP contribution in [0.2, 0.25) is 10.0 Å². The van der Waals surface area contributed by atoms with Crippen molar-refractivity contribution in [1.82, 2.24) is 0 Å². The third-order valence-corrected chi connectivity index (χ3v) is 5.86. The van der Waals surface area contributed by atoms with Crippen molar-refractivity contribution in [1.29, 1.82) is 0 Å². The molecule has 5 nitrogen and oxygen atoms in total. The van der Waals surface area contributed by atoms with Crippen LogP contribution in [0, 0.1) is 0 Å². The normalized spacial score (nSPS) is 12.7. The zero-order valence-electron chi connectivity index (χ0n) is 15.5. The quantitative estimate of drug-likeness (QED) is 0.710. The van der Waals surface area contributed by atoms with Crippen molar-refractivity contribution in [3.05, 3.63) is 58.1 Å². The molecule has 1 amide bonds. The number of nitrogens with one attached hydrogen (secondary N) is 1. The van der Waals surface area contributed by atoms with Crippen LogP contribution in [-0.2, 0) is 14.8 Å². The molecular formula is C19H22Cl2N2O3S. The van der Waals surface area contributed by atoms with E-state index in [2.05, 4.69) is 19.2 Å². The summed E-state index contributed by atoms with van der Waals surface area (Å²) < 4.78 is 25.7. The summed E-state index contributed by atoms with van der Waals surface area (Å²) in [6, 6.07) is 10.9. The molecule has 0 aliphatic heterocycles. The Hall–Kier alpha value is -1.76. The Labute approximate surface area is 170 Å². The SMILES string of the molecule is CC(C)c1ccc(NC(=O)[C@H](C)N(c2cc(Cl)ccc2Cl)S(C)(=O)=O)cc1. The van der Waals surface area contributed by atoms with Crippen LogP contribution in [0.3, 0.4) is 0 Å². The van der Waals surface area contributed by atoms with Gasteiger partial charge in [0.1, 0.15) is 6.04 Å². The molecule has 8 heteroatoms. The predicted octanol–water partition coefficient (Wildman–Crippen LogP) is 4.91. The molecule has 2 rings (SSSR count). The summed E-state index contributed by atoms with van der Waals surface area (Å²) >= 11 is 12.1. The summed E-state index contributed by atoms with van der Waals surface area (Å²) in [4.78, 5) is 12.7. The monoisotopic (exact) mass is 428 g/mol. The Balaban J connectivity index is 2.31. The minimum Gasteiger partial charge on any atom is -0.324 e. The summed E-state index contributed by atoms with van der Waals surface area (Å²) in [6.07, 6.45) is 1.02. The maximum absolute atomic E-state index is 12.7. The lowest BCUT2D eigenvalue weighted by Crippen LogP contribution is -2.45. The molecular weight excluding hydrogens is 407 g/mol. The molecule has 0 bridgehead atoms. The number of hydrogen-bond acceptors (Lipinski definition) is 3. The first-order chi connectivity index (χ1) is 12.5. The lowest BCUT2D eigenvalue weighted by Gasteiger charge is -2.29. The highest BCUT2D eigenvalue weighted by Gasteiger charge is 2.30. The van der Waals surface area contributed by atoms with Crippen LogP contribution in [0.15, 0.2) is 42.5 Å². The molecule has 0 aliphatic rings. The predicted molar refractivity (Wildman–Crippen MR) is 112 cm³/mol. The summed E-state index contributed by atoms with van der Waals surface area (Å²) in [5, 5.41) is 3.25. The summed E-state index contributed by atoms with van der Waals surface area (Å²) in [7, 11) is -3.78. The van der Waals surface area contributed by atoms with Crippen molar-refractivity contribution in [2.75, 3.05) is 15.9 Å². The van der Waals surface area contributed by atoms with Gasteiger partial charge in [-0.3, -0.25) is 9.10 Å². The molecule has 146 valence electrons. The van der Waals surface area contributed by atoms with Gasteiger partial charge < -0.3 is 5.32 Å². The molecule has 2 aromatic rings. The van der Waals surface area contributed by atoms with E-state index in [-0.39, 0.29) is 10.7 Å². The largest absolute Gasteiger partial charge is 0.324 e. The lowest BCUT2D eigenvalue weighted by atomic mass is 10.0. The first-order valence-electron chi connectivity index (χ1n) is 8.36. The second-order valence-electron chi connectivity index (χ2n) is 6.60. The molecule has 0 fully saturated rings. The zero-order valence-corrected chi connectivity index (χ0v) is 17.9. The average molecular weight is 429 g/mol. The van der Waals surface area contributed by atoms with Gasteiger partial charge in [-0.1, -0.05) is 49.2 Å². The number of carbonyl (C=O) groups excluding carboxylic acids is 1. The van der Waals surface area contributed by atoms with E-state index in [1.807, 2.05) is 12.1 Å². The summed E-state index contributed by atoms with van der Waals surface area (Å²) in [5.74, 6) is -0.104. The van der Waals surface area contributed by atoms with E-state index in [1.165, 1.54) is 19.1 Å². The van der Waals surface area contributed by atoms with E-state index >= 15 is 0 Å². The molecule has 2 aromatic carbocycles. The molecule has 0 unspecified atom stereocenters. The van der Waals surface area contributed by atoms with Gasteiger partial charge in [0.05, 0.1) is 17.0 Å². The lowest BCUT2D eigenvalue weighted by molar-refractivity contribution is -0.116. The number of amides is 1. The van der Waals surface area contributed by atoms with Gasteiger partial charge in [-0.15, -0.1) is 0 Å². The number of benzene rings is 2. The molecule has 27 heavy (non-hydrogen) atoms. The standard InChI is InChI=1S/C19H22Cl2N2O3S/c1-12(2)14-5-8-16(9-6-14)22-19(24)13(3)23(27(4,25)26)18-11-15(20)7-10-17(18)21/h5-13H,1-4H3,(H,22,24)/t13-/m0/s1. The molecule has 0 spiro atoms. The first-order valence-corrected chi connectivity index (χ1v) is 11.0. The molecule has 0 saturated heterocycles. The third kappa shape index (κ3) is 5.37. The van der Waals surface area contributed by atoms with E-state index in [0.717, 1.165) is 16.1 Å². The van der Waals surface area contributed by atoms with Crippen LogP contribution < -0.4 is 9.62 Å². The highest BCUT2D eigenvalue weighted by molar-refractivity contribution is 7.92. The zero-order chi connectivity index (χ0) is 20.4. The molecule has 0 aromatic heterocycles. The van der Waals surface area contributed by atoms with E-state index in [9.17, 15) is 13.2 Å². The highest BCUT2D eigenvalue weighted by Crippen LogP contribution is 2.32. The smallest absolute Gasteiger partial charge is 0.247 e. The number of halogens is 2. The second-order valence-corrected chi connectivity index (χ2v) is 9.30. The summed E-state index contributed by atoms with van der Waals surface area (Å²) in [5.41, 5.74) is 1.89. The van der Waals surface area contributed by atoms with E-state index in [0.29, 0.717) is 16.6 Å². The van der Waals surface area contributed by atoms with Gasteiger partial charge in [-0.25, -0.2) is 8.42 Å². The molecule has 0 heterocycles. The summed E-state index contributed by atoms with van der Waals surface area (Å²) in [6.45, 7) is 5.65. The van der Waals surface area contributed by atoms with Gasteiger partial charge in [0.2, 0.25) is 15.9 Å². The maximum atomic E-state index is 12.7. The fourth-order valence-corrected chi connectivity index (χ4v) is 4.24. The Morgan fingerprint density at radius 1 is 1.04 bits per heavy atom. The third-order valence-electron chi connectivity index (χ3n) is 4.08. The molecule has 1 N–H and O–H groups in total. The molecule has 0 aliphatic carbocycles. The topological polar surface area (TPSA) is 66.5 Å². The number of hydrogen-bond donors (Lipinski definition) is 1. The van der Waals surface area contributed by atoms with E-state index in [1.54, 1.807) is 18.2 Å². The van der Waals surface area contributed by atoms with Gasteiger partial charge >= 0.3 is 0 Å². The molecule has 0 radical (unpaired) electrons. The minimum atomic E-state index is -3.78. The fraction of sp³-hybridized carbons (Fsp3) is 0.316.